The summed E-state index contributed by atoms with van der Waals surface area (Å²) in [7, 11) is 0. The molecule has 1 aromatic heterocycles. The van der Waals surface area contributed by atoms with Crippen LogP contribution in [0.5, 0.6) is 0 Å². The quantitative estimate of drug-likeness (QED) is 0.602. The molecule has 0 bridgehead atoms. The van der Waals surface area contributed by atoms with Gasteiger partial charge in [-0.05, 0) is 50.7 Å². The summed E-state index contributed by atoms with van der Waals surface area (Å²) in [5, 5.41) is 0. The summed E-state index contributed by atoms with van der Waals surface area (Å²) >= 11 is 1.51. The van der Waals surface area contributed by atoms with Gasteiger partial charge in [-0.2, -0.15) is 0 Å². The Bertz CT molecular complexity index is 758. The summed E-state index contributed by atoms with van der Waals surface area (Å²) < 4.78 is 5.41. The van der Waals surface area contributed by atoms with E-state index in [2.05, 4.69) is 6.92 Å². The molecule has 0 radical (unpaired) electrons. The molecule has 0 fully saturated rings. The first-order valence-corrected chi connectivity index (χ1v) is 9.19. The number of rotatable bonds is 4. The largest absolute Gasteiger partial charge is 0.450 e. The molecule has 1 aromatic carbocycles. The first kappa shape index (κ1) is 16.9. The predicted octanol–water partition coefficient (Wildman–Crippen LogP) is 4.61. The highest BCUT2D eigenvalue weighted by Crippen LogP contribution is 2.32. The smallest absolute Gasteiger partial charge is 0.349 e. The second-order valence-corrected chi connectivity index (χ2v) is 7.82. The molecule has 126 valence electrons. The van der Waals surface area contributed by atoms with Gasteiger partial charge < -0.3 is 4.74 Å². The molecular weight excluding hydrogens is 320 g/mol. The Balaban J connectivity index is 1.68. The van der Waals surface area contributed by atoms with Crippen molar-refractivity contribution < 1.29 is 14.3 Å². The van der Waals surface area contributed by atoms with E-state index in [4.69, 9.17) is 4.74 Å². The number of hydrogen-bond acceptors (Lipinski definition) is 4. The number of hydrogen-bond donors (Lipinski definition) is 0. The minimum Gasteiger partial charge on any atom is -0.450 e. The van der Waals surface area contributed by atoms with Crippen LogP contribution in [0.15, 0.2) is 30.3 Å². The SMILES string of the molecule is Cc1ccc(C(=O)[C@@H](C)OC(=O)c2cc3c(s2)CC[C@@H](C)C3)cc1. The summed E-state index contributed by atoms with van der Waals surface area (Å²) in [5.41, 5.74) is 2.93. The van der Waals surface area contributed by atoms with Crippen molar-refractivity contribution in [3.05, 3.63) is 56.8 Å². The highest BCUT2D eigenvalue weighted by molar-refractivity contribution is 7.14. The Labute approximate surface area is 146 Å². The van der Waals surface area contributed by atoms with Crippen molar-refractivity contribution in [1.29, 1.82) is 0 Å². The summed E-state index contributed by atoms with van der Waals surface area (Å²) in [6.45, 7) is 5.84. The zero-order chi connectivity index (χ0) is 17.3. The first-order chi connectivity index (χ1) is 11.4. The van der Waals surface area contributed by atoms with Gasteiger partial charge in [0.1, 0.15) is 4.88 Å². The van der Waals surface area contributed by atoms with Crippen molar-refractivity contribution in [2.75, 3.05) is 0 Å². The third-order valence-electron chi connectivity index (χ3n) is 4.52. The fourth-order valence-corrected chi connectivity index (χ4v) is 4.12. The molecule has 0 spiro atoms. The summed E-state index contributed by atoms with van der Waals surface area (Å²) in [6.07, 6.45) is 2.45. The number of benzene rings is 1. The van der Waals surface area contributed by atoms with Crippen LogP contribution in [0.1, 0.15) is 56.3 Å². The summed E-state index contributed by atoms with van der Waals surface area (Å²) in [4.78, 5) is 26.7. The van der Waals surface area contributed by atoms with Crippen molar-refractivity contribution in [2.45, 2.75) is 46.1 Å². The molecule has 0 saturated heterocycles. The van der Waals surface area contributed by atoms with Crippen LogP contribution in [0.4, 0.5) is 0 Å². The van der Waals surface area contributed by atoms with Crippen molar-refractivity contribution in [3.63, 3.8) is 0 Å². The molecule has 1 aliphatic carbocycles. The van der Waals surface area contributed by atoms with Crippen molar-refractivity contribution >= 4 is 23.1 Å². The van der Waals surface area contributed by atoms with Gasteiger partial charge in [0.05, 0.1) is 0 Å². The fraction of sp³-hybridized carbons (Fsp3) is 0.400. The third kappa shape index (κ3) is 3.59. The molecule has 0 amide bonds. The zero-order valence-corrected chi connectivity index (χ0v) is 15.1. The molecule has 24 heavy (non-hydrogen) atoms. The molecule has 3 rings (SSSR count). The number of ether oxygens (including phenoxy) is 1. The average molecular weight is 342 g/mol. The van der Waals surface area contributed by atoms with Gasteiger partial charge in [-0.25, -0.2) is 4.79 Å². The number of ketones is 1. The second-order valence-electron chi connectivity index (χ2n) is 6.68. The number of fused-ring (bicyclic) bond motifs is 1. The number of carbonyl (C=O) groups excluding carboxylic acids is 2. The third-order valence-corrected chi connectivity index (χ3v) is 5.74. The maximum absolute atomic E-state index is 12.4. The Hall–Kier alpha value is -1.94. The predicted molar refractivity (Wildman–Crippen MR) is 95.9 cm³/mol. The van der Waals surface area contributed by atoms with Crippen LogP contribution in [-0.2, 0) is 17.6 Å². The molecular formula is C20H22O3S. The van der Waals surface area contributed by atoms with Crippen LogP contribution in [0.3, 0.4) is 0 Å². The monoisotopic (exact) mass is 342 g/mol. The molecule has 2 aromatic rings. The van der Waals surface area contributed by atoms with Crippen molar-refractivity contribution in [3.8, 4) is 0 Å². The van der Waals surface area contributed by atoms with E-state index in [1.165, 1.54) is 28.2 Å². The van der Waals surface area contributed by atoms with Gasteiger partial charge in [0.2, 0.25) is 5.78 Å². The van der Waals surface area contributed by atoms with Gasteiger partial charge >= 0.3 is 5.97 Å². The Kier molecular flexibility index (Phi) is 4.86. The highest BCUT2D eigenvalue weighted by Gasteiger charge is 2.24. The molecule has 2 atom stereocenters. The lowest BCUT2D eigenvalue weighted by Crippen LogP contribution is -2.24. The topological polar surface area (TPSA) is 43.4 Å². The van der Waals surface area contributed by atoms with Crippen molar-refractivity contribution in [2.24, 2.45) is 5.92 Å². The van der Waals surface area contributed by atoms with Crippen LogP contribution in [0.25, 0.3) is 0 Å². The maximum atomic E-state index is 12.4. The normalized spacial score (nSPS) is 17.9. The van der Waals surface area contributed by atoms with Gasteiger partial charge in [-0.1, -0.05) is 36.8 Å². The lowest BCUT2D eigenvalue weighted by atomic mass is 9.90. The number of Topliss-reactive ketones (excluding diaryl/α,β-unsaturated/α-hetero) is 1. The average Bonchev–Trinajstić information content (AvgIpc) is 2.98. The van der Waals surface area contributed by atoms with E-state index in [0.717, 1.165) is 18.4 Å². The highest BCUT2D eigenvalue weighted by atomic mass is 32.1. The van der Waals surface area contributed by atoms with Crippen LogP contribution in [0.2, 0.25) is 0 Å². The second kappa shape index (κ2) is 6.89. The Morgan fingerprint density at radius 2 is 1.96 bits per heavy atom. The van der Waals surface area contributed by atoms with E-state index >= 15 is 0 Å². The van der Waals surface area contributed by atoms with Crippen LogP contribution in [-0.4, -0.2) is 17.9 Å². The van der Waals surface area contributed by atoms with E-state index in [1.807, 2.05) is 25.1 Å². The molecule has 1 aliphatic rings. The van der Waals surface area contributed by atoms with Crippen LogP contribution in [0, 0.1) is 12.8 Å². The Morgan fingerprint density at radius 3 is 2.67 bits per heavy atom. The Morgan fingerprint density at radius 1 is 1.25 bits per heavy atom. The molecule has 0 aliphatic heterocycles. The standard InChI is InChI=1S/C20H22O3S/c1-12-4-7-15(8-5-12)19(21)14(3)23-20(22)18-11-16-10-13(2)6-9-17(16)24-18/h4-5,7-8,11,13-14H,6,9-10H2,1-3H3/t13-,14-/m1/s1. The van der Waals surface area contributed by atoms with Gasteiger partial charge in [0, 0.05) is 10.4 Å². The molecule has 0 N–H and O–H groups in total. The number of carbonyl (C=O) groups is 2. The molecule has 0 saturated carbocycles. The van der Waals surface area contributed by atoms with Crippen LogP contribution >= 0.6 is 11.3 Å². The van der Waals surface area contributed by atoms with Crippen molar-refractivity contribution in [1.82, 2.24) is 0 Å². The lowest BCUT2D eigenvalue weighted by Gasteiger charge is -2.16. The fourth-order valence-electron chi connectivity index (χ4n) is 3.03. The van der Waals surface area contributed by atoms with E-state index in [0.29, 0.717) is 16.4 Å². The van der Waals surface area contributed by atoms with Gasteiger partial charge in [0.15, 0.2) is 6.10 Å². The molecule has 3 nitrogen and oxygen atoms in total. The zero-order valence-electron chi connectivity index (χ0n) is 14.3. The number of esters is 1. The van der Waals surface area contributed by atoms with E-state index in [9.17, 15) is 9.59 Å². The van der Waals surface area contributed by atoms with E-state index < -0.39 is 12.1 Å². The lowest BCUT2D eigenvalue weighted by molar-refractivity contribution is 0.0323. The van der Waals surface area contributed by atoms with Gasteiger partial charge in [-0.3, -0.25) is 4.79 Å². The maximum Gasteiger partial charge on any atom is 0.349 e. The van der Waals surface area contributed by atoms with Gasteiger partial charge in [-0.15, -0.1) is 11.3 Å². The molecule has 1 heterocycles. The first-order valence-electron chi connectivity index (χ1n) is 8.37. The van der Waals surface area contributed by atoms with Gasteiger partial charge in [0.25, 0.3) is 0 Å². The minimum atomic E-state index is -0.779. The summed E-state index contributed by atoms with van der Waals surface area (Å²) in [5.74, 6) is 0.103. The van der Waals surface area contributed by atoms with Crippen LogP contribution < -0.4 is 0 Å². The number of aryl methyl sites for hydroxylation is 2. The number of thiophene rings is 1. The van der Waals surface area contributed by atoms with E-state index in [-0.39, 0.29) is 5.78 Å². The van der Waals surface area contributed by atoms with E-state index in [1.54, 1.807) is 19.1 Å². The summed E-state index contributed by atoms with van der Waals surface area (Å²) in [6, 6.07) is 9.26. The molecule has 0 unspecified atom stereocenters. The minimum absolute atomic E-state index is 0.168. The molecule has 4 heteroatoms.